The Bertz CT molecular complexity index is 1430. The molecule has 192 valence electrons. The molecule has 38 heavy (non-hydrogen) atoms. The highest BCUT2D eigenvalue weighted by Gasteiger charge is 2.04. The smallest absolute Gasteiger partial charge is 0.125 e. The largest absolute Gasteiger partial charge is 0.383 e. The van der Waals surface area contributed by atoms with Crippen molar-refractivity contribution in [2.24, 2.45) is 31.8 Å². The standard InChI is InChI=1S/C29H27Cl2N7/c1-38(27-16-8-23(9-17-27)29(33)35-19-21-4-12-25(31)13-5-21)37-36-26-14-6-22(7-15-26)28(32)34-18-20-2-10-24(30)11-3-20/h2-17H,18-19H2,1H3,(H2,32,34)(H2,33,35). The quantitative estimate of drug-likeness (QED) is 0.103. The second-order valence-corrected chi connectivity index (χ2v) is 9.34. The van der Waals surface area contributed by atoms with E-state index in [1.165, 1.54) is 0 Å². The van der Waals surface area contributed by atoms with Crippen molar-refractivity contribution >= 4 is 46.2 Å². The second kappa shape index (κ2) is 12.9. The van der Waals surface area contributed by atoms with Crippen molar-refractivity contribution in [3.63, 3.8) is 0 Å². The lowest BCUT2D eigenvalue weighted by Crippen LogP contribution is -2.14. The molecule has 4 N–H and O–H groups in total. The fraction of sp³-hybridized carbons (Fsp3) is 0.103. The highest BCUT2D eigenvalue weighted by atomic mass is 35.5. The van der Waals surface area contributed by atoms with Gasteiger partial charge in [0.05, 0.1) is 24.5 Å². The Hall–Kier alpha value is -4.20. The van der Waals surface area contributed by atoms with Gasteiger partial charge in [-0.3, -0.25) is 9.98 Å². The van der Waals surface area contributed by atoms with E-state index in [1.54, 1.807) is 5.01 Å². The van der Waals surface area contributed by atoms with Gasteiger partial charge in [-0.1, -0.05) is 52.7 Å². The highest BCUT2D eigenvalue weighted by Crippen LogP contribution is 2.19. The summed E-state index contributed by atoms with van der Waals surface area (Å²) in [6.07, 6.45) is 0. The predicted molar refractivity (Wildman–Crippen MR) is 158 cm³/mol. The molecule has 4 aromatic carbocycles. The van der Waals surface area contributed by atoms with E-state index in [1.807, 2.05) is 104 Å². The zero-order valence-electron chi connectivity index (χ0n) is 20.8. The number of aliphatic imine (C=N–C) groups is 2. The number of amidine groups is 2. The molecule has 0 unspecified atom stereocenters. The summed E-state index contributed by atoms with van der Waals surface area (Å²) in [7, 11) is 1.83. The van der Waals surface area contributed by atoms with Crippen LogP contribution in [0.15, 0.2) is 117 Å². The van der Waals surface area contributed by atoms with Crippen molar-refractivity contribution in [1.82, 2.24) is 0 Å². The number of benzene rings is 4. The van der Waals surface area contributed by atoms with Gasteiger partial charge < -0.3 is 11.5 Å². The molecule has 0 aliphatic carbocycles. The van der Waals surface area contributed by atoms with Crippen molar-refractivity contribution in [1.29, 1.82) is 0 Å². The Morgan fingerprint density at radius 2 is 1.05 bits per heavy atom. The first-order chi connectivity index (χ1) is 18.4. The number of nitrogens with two attached hydrogens (primary N) is 2. The van der Waals surface area contributed by atoms with E-state index in [-0.39, 0.29) is 0 Å². The van der Waals surface area contributed by atoms with Crippen LogP contribution in [0.3, 0.4) is 0 Å². The average molecular weight is 544 g/mol. The summed E-state index contributed by atoms with van der Waals surface area (Å²) in [4.78, 5) is 8.92. The van der Waals surface area contributed by atoms with E-state index >= 15 is 0 Å². The number of rotatable bonds is 9. The lowest BCUT2D eigenvalue weighted by atomic mass is 10.2. The van der Waals surface area contributed by atoms with Crippen LogP contribution in [-0.4, -0.2) is 18.7 Å². The first-order valence-electron chi connectivity index (χ1n) is 11.8. The molecule has 0 amide bonds. The van der Waals surface area contributed by atoms with Gasteiger partial charge in [0.25, 0.3) is 0 Å². The van der Waals surface area contributed by atoms with Crippen LogP contribution in [0.1, 0.15) is 22.3 Å². The van der Waals surface area contributed by atoms with Gasteiger partial charge in [-0.2, -0.15) is 0 Å². The zero-order chi connectivity index (χ0) is 26.9. The molecule has 0 fully saturated rings. The topological polar surface area (TPSA) is 105 Å². The van der Waals surface area contributed by atoms with Crippen LogP contribution in [-0.2, 0) is 13.1 Å². The number of halogens is 2. The lowest BCUT2D eigenvalue weighted by molar-refractivity contribution is 0.924. The van der Waals surface area contributed by atoms with Crippen LogP contribution in [0.2, 0.25) is 10.0 Å². The molecule has 0 atom stereocenters. The van der Waals surface area contributed by atoms with E-state index in [2.05, 4.69) is 20.3 Å². The molecule has 4 aromatic rings. The summed E-state index contributed by atoms with van der Waals surface area (Å²) in [5.41, 5.74) is 17.6. The average Bonchev–Trinajstić information content (AvgIpc) is 2.95. The third-order valence-corrected chi connectivity index (χ3v) is 6.19. The van der Waals surface area contributed by atoms with Gasteiger partial charge in [-0.15, -0.1) is 5.11 Å². The van der Waals surface area contributed by atoms with Crippen LogP contribution in [0.5, 0.6) is 0 Å². The van der Waals surface area contributed by atoms with Gasteiger partial charge in [0, 0.05) is 28.2 Å². The fourth-order valence-electron chi connectivity index (χ4n) is 3.43. The van der Waals surface area contributed by atoms with Crippen LogP contribution < -0.4 is 16.5 Å². The Kier molecular flexibility index (Phi) is 9.08. The van der Waals surface area contributed by atoms with Gasteiger partial charge in [-0.25, -0.2) is 5.01 Å². The van der Waals surface area contributed by atoms with Crippen LogP contribution >= 0.6 is 23.2 Å². The Morgan fingerprint density at radius 3 is 1.50 bits per heavy atom. The highest BCUT2D eigenvalue weighted by molar-refractivity contribution is 6.30. The van der Waals surface area contributed by atoms with E-state index in [4.69, 9.17) is 34.7 Å². The number of nitrogens with zero attached hydrogens (tertiary/aromatic N) is 5. The fourth-order valence-corrected chi connectivity index (χ4v) is 3.68. The maximum atomic E-state index is 6.17. The molecular formula is C29H27Cl2N7. The van der Waals surface area contributed by atoms with Crippen LogP contribution in [0, 0.1) is 0 Å². The minimum absolute atomic E-state index is 0.455. The molecule has 7 nitrogen and oxygen atoms in total. The van der Waals surface area contributed by atoms with Crippen molar-refractivity contribution in [3.05, 3.63) is 129 Å². The van der Waals surface area contributed by atoms with E-state index in [9.17, 15) is 0 Å². The van der Waals surface area contributed by atoms with Crippen molar-refractivity contribution in [2.75, 3.05) is 12.1 Å². The monoisotopic (exact) mass is 543 g/mol. The molecule has 0 aliphatic heterocycles. The summed E-state index contributed by atoms with van der Waals surface area (Å²) in [6.45, 7) is 0.964. The second-order valence-electron chi connectivity index (χ2n) is 8.46. The molecule has 0 spiro atoms. The zero-order valence-corrected chi connectivity index (χ0v) is 22.3. The number of hydrogen-bond acceptors (Lipinski definition) is 4. The molecule has 0 heterocycles. The molecule has 9 heteroatoms. The molecule has 4 rings (SSSR count). The molecule has 0 saturated carbocycles. The minimum atomic E-state index is 0.455. The Labute approximate surface area is 232 Å². The SMILES string of the molecule is CN(N=Nc1ccc(C(N)=NCc2ccc(Cl)cc2)cc1)c1ccc(C(N)=NCc2ccc(Cl)cc2)cc1. The maximum absolute atomic E-state index is 6.17. The predicted octanol–water partition coefficient (Wildman–Crippen LogP) is 6.94. The van der Waals surface area contributed by atoms with Crippen molar-refractivity contribution < 1.29 is 0 Å². The van der Waals surface area contributed by atoms with E-state index < -0.39 is 0 Å². The number of anilines is 1. The van der Waals surface area contributed by atoms with E-state index in [0.29, 0.717) is 40.5 Å². The summed E-state index contributed by atoms with van der Waals surface area (Å²) >= 11 is 11.8. The lowest BCUT2D eigenvalue weighted by Gasteiger charge is -2.12. The van der Waals surface area contributed by atoms with Crippen LogP contribution in [0.25, 0.3) is 0 Å². The molecule has 0 aliphatic rings. The summed E-state index contributed by atoms with van der Waals surface area (Å²) in [6, 6.07) is 30.1. The molecular weight excluding hydrogens is 517 g/mol. The summed E-state index contributed by atoms with van der Waals surface area (Å²) in [5, 5.41) is 11.7. The van der Waals surface area contributed by atoms with Crippen molar-refractivity contribution in [2.45, 2.75) is 13.1 Å². The third kappa shape index (κ3) is 7.65. The molecule has 0 radical (unpaired) electrons. The van der Waals surface area contributed by atoms with Gasteiger partial charge in [-0.05, 0) is 83.9 Å². The Morgan fingerprint density at radius 1 is 0.632 bits per heavy atom. The number of hydrogen-bond donors (Lipinski definition) is 2. The first-order valence-corrected chi connectivity index (χ1v) is 12.6. The van der Waals surface area contributed by atoms with Crippen molar-refractivity contribution in [3.8, 4) is 0 Å². The molecule has 0 aromatic heterocycles. The normalized spacial score (nSPS) is 12.2. The summed E-state index contributed by atoms with van der Waals surface area (Å²) < 4.78 is 0. The molecule has 0 bridgehead atoms. The minimum Gasteiger partial charge on any atom is -0.383 e. The Balaban J connectivity index is 1.33. The van der Waals surface area contributed by atoms with Gasteiger partial charge >= 0.3 is 0 Å². The third-order valence-electron chi connectivity index (χ3n) is 5.68. The maximum Gasteiger partial charge on any atom is 0.125 e. The van der Waals surface area contributed by atoms with Gasteiger partial charge in [0.2, 0.25) is 0 Å². The summed E-state index contributed by atoms with van der Waals surface area (Å²) in [5.74, 6) is 0.920. The molecule has 0 saturated heterocycles. The first kappa shape index (κ1) is 26.9. The van der Waals surface area contributed by atoms with Gasteiger partial charge in [0.15, 0.2) is 0 Å². The van der Waals surface area contributed by atoms with Crippen LogP contribution in [0.4, 0.5) is 11.4 Å². The van der Waals surface area contributed by atoms with Gasteiger partial charge in [0.1, 0.15) is 11.7 Å². The van der Waals surface area contributed by atoms with E-state index in [0.717, 1.165) is 27.9 Å².